The summed E-state index contributed by atoms with van der Waals surface area (Å²) in [6.45, 7) is 1.94. The maximum atomic E-state index is 11.9. The van der Waals surface area contributed by atoms with E-state index in [2.05, 4.69) is 25.0 Å². The number of aromatic nitrogens is 3. The quantitative estimate of drug-likeness (QED) is 0.736. The fourth-order valence-corrected chi connectivity index (χ4v) is 3.09. The Hall–Kier alpha value is -2.58. The molecule has 8 heteroatoms. The first-order chi connectivity index (χ1) is 11.5. The first-order valence-corrected chi connectivity index (χ1v) is 8.86. The monoisotopic (exact) mass is 343 g/mol. The van der Waals surface area contributed by atoms with E-state index >= 15 is 0 Å². The molecule has 7 nitrogen and oxygen atoms in total. The second-order valence-electron chi connectivity index (χ2n) is 5.24. The van der Waals surface area contributed by atoms with Crippen molar-refractivity contribution in [1.82, 2.24) is 19.7 Å². The predicted molar refractivity (Wildman–Crippen MR) is 92.1 cm³/mol. The SMILES string of the molecule is CNS(=O)(=O)c1cccc(C(C)Nc2ccc3nccnc3n2)c1. The second-order valence-corrected chi connectivity index (χ2v) is 7.13. The van der Waals surface area contributed by atoms with Gasteiger partial charge in [0, 0.05) is 18.4 Å². The molecule has 0 amide bonds. The maximum Gasteiger partial charge on any atom is 0.240 e. The van der Waals surface area contributed by atoms with Crippen LogP contribution in [0.1, 0.15) is 18.5 Å². The lowest BCUT2D eigenvalue weighted by molar-refractivity contribution is 0.588. The molecular formula is C16H17N5O2S. The van der Waals surface area contributed by atoms with Crippen LogP contribution >= 0.6 is 0 Å². The molecular weight excluding hydrogens is 326 g/mol. The molecule has 1 aromatic carbocycles. The molecule has 3 rings (SSSR count). The largest absolute Gasteiger partial charge is 0.363 e. The van der Waals surface area contributed by atoms with Crippen LogP contribution in [-0.2, 0) is 10.0 Å². The average Bonchev–Trinajstić information content (AvgIpc) is 2.61. The molecule has 0 aliphatic heterocycles. The van der Waals surface area contributed by atoms with E-state index in [-0.39, 0.29) is 10.9 Å². The third-order valence-corrected chi connectivity index (χ3v) is 5.05. The topological polar surface area (TPSA) is 96.9 Å². The van der Waals surface area contributed by atoms with Crippen molar-refractivity contribution in [3.05, 3.63) is 54.4 Å². The highest BCUT2D eigenvalue weighted by molar-refractivity contribution is 7.89. The molecule has 0 saturated heterocycles. The molecule has 3 aromatic rings. The second kappa shape index (κ2) is 6.50. The highest BCUT2D eigenvalue weighted by atomic mass is 32.2. The summed E-state index contributed by atoms with van der Waals surface area (Å²) in [4.78, 5) is 13.0. The van der Waals surface area contributed by atoms with E-state index in [9.17, 15) is 8.42 Å². The number of nitrogens with one attached hydrogen (secondary N) is 2. The minimum absolute atomic E-state index is 0.126. The van der Waals surface area contributed by atoms with Crippen molar-refractivity contribution in [2.24, 2.45) is 0 Å². The molecule has 124 valence electrons. The molecule has 2 heterocycles. The van der Waals surface area contributed by atoms with Gasteiger partial charge >= 0.3 is 0 Å². The van der Waals surface area contributed by atoms with E-state index in [4.69, 9.17) is 0 Å². The molecule has 0 bridgehead atoms. The Labute approximate surface area is 140 Å². The number of hydrogen-bond donors (Lipinski definition) is 2. The minimum Gasteiger partial charge on any atom is -0.363 e. The van der Waals surface area contributed by atoms with Crippen LogP contribution in [0.25, 0.3) is 11.2 Å². The van der Waals surface area contributed by atoms with E-state index in [0.717, 1.165) is 11.1 Å². The number of rotatable bonds is 5. The van der Waals surface area contributed by atoms with Crippen molar-refractivity contribution < 1.29 is 8.42 Å². The van der Waals surface area contributed by atoms with Gasteiger partial charge in [0.05, 0.1) is 4.90 Å². The summed E-state index contributed by atoms with van der Waals surface area (Å²) in [5.41, 5.74) is 2.12. The van der Waals surface area contributed by atoms with Crippen molar-refractivity contribution in [3.8, 4) is 0 Å². The van der Waals surface area contributed by atoms with Gasteiger partial charge in [-0.3, -0.25) is 4.98 Å². The summed E-state index contributed by atoms with van der Waals surface area (Å²) in [6.07, 6.45) is 3.21. The number of anilines is 1. The van der Waals surface area contributed by atoms with Gasteiger partial charge in [-0.1, -0.05) is 12.1 Å². The Bertz CT molecular complexity index is 975. The van der Waals surface area contributed by atoms with Gasteiger partial charge in [-0.15, -0.1) is 0 Å². The first-order valence-electron chi connectivity index (χ1n) is 7.37. The lowest BCUT2D eigenvalue weighted by Crippen LogP contribution is -2.19. The van der Waals surface area contributed by atoms with E-state index in [1.165, 1.54) is 7.05 Å². The van der Waals surface area contributed by atoms with Crippen LogP contribution in [-0.4, -0.2) is 30.4 Å². The van der Waals surface area contributed by atoms with Crippen LogP contribution < -0.4 is 10.0 Å². The molecule has 2 aromatic heterocycles. The van der Waals surface area contributed by atoms with Crippen molar-refractivity contribution in [2.45, 2.75) is 17.9 Å². The van der Waals surface area contributed by atoms with Gasteiger partial charge in [-0.2, -0.15) is 0 Å². The number of pyridine rings is 1. The Balaban J connectivity index is 1.86. The molecule has 1 unspecified atom stereocenters. The van der Waals surface area contributed by atoms with Crippen molar-refractivity contribution in [2.75, 3.05) is 12.4 Å². The van der Waals surface area contributed by atoms with E-state index < -0.39 is 10.0 Å². The fourth-order valence-electron chi connectivity index (χ4n) is 2.31. The van der Waals surface area contributed by atoms with Gasteiger partial charge in [0.15, 0.2) is 5.65 Å². The summed E-state index contributed by atoms with van der Waals surface area (Å²) >= 11 is 0. The highest BCUT2D eigenvalue weighted by Gasteiger charge is 2.14. The maximum absolute atomic E-state index is 11.9. The van der Waals surface area contributed by atoms with E-state index in [0.29, 0.717) is 11.5 Å². The smallest absolute Gasteiger partial charge is 0.240 e. The molecule has 0 aliphatic carbocycles. The molecule has 2 N–H and O–H groups in total. The zero-order chi connectivity index (χ0) is 17.2. The van der Waals surface area contributed by atoms with Crippen molar-refractivity contribution in [1.29, 1.82) is 0 Å². The number of sulfonamides is 1. The first kappa shape index (κ1) is 16.3. The molecule has 1 atom stereocenters. The Morgan fingerprint density at radius 1 is 1.08 bits per heavy atom. The van der Waals surface area contributed by atoms with Gasteiger partial charge in [0.1, 0.15) is 11.3 Å². The molecule has 0 saturated carbocycles. The lowest BCUT2D eigenvalue weighted by atomic mass is 10.1. The summed E-state index contributed by atoms with van der Waals surface area (Å²) in [6, 6.07) is 10.3. The molecule has 0 aliphatic rings. The van der Waals surface area contributed by atoms with Gasteiger partial charge in [0.2, 0.25) is 10.0 Å². The third kappa shape index (κ3) is 3.34. The van der Waals surface area contributed by atoms with Gasteiger partial charge in [0.25, 0.3) is 0 Å². The minimum atomic E-state index is -3.47. The molecule has 0 radical (unpaired) electrons. The van der Waals surface area contributed by atoms with Crippen LogP contribution in [0.15, 0.2) is 53.7 Å². The van der Waals surface area contributed by atoms with Gasteiger partial charge < -0.3 is 5.32 Å². The molecule has 0 fully saturated rings. The average molecular weight is 343 g/mol. The normalized spacial score (nSPS) is 12.9. The number of fused-ring (bicyclic) bond motifs is 1. The van der Waals surface area contributed by atoms with Crippen LogP contribution in [0.5, 0.6) is 0 Å². The van der Waals surface area contributed by atoms with Crippen LogP contribution in [0.4, 0.5) is 5.82 Å². The number of hydrogen-bond acceptors (Lipinski definition) is 6. The zero-order valence-electron chi connectivity index (χ0n) is 13.3. The Morgan fingerprint density at radius 2 is 1.88 bits per heavy atom. The fraction of sp³-hybridized carbons (Fsp3) is 0.188. The number of benzene rings is 1. The van der Waals surface area contributed by atoms with Gasteiger partial charge in [-0.05, 0) is 43.8 Å². The standard InChI is InChI=1S/C16H17N5O2S/c1-11(12-4-3-5-13(10-12)24(22,23)17-2)20-15-7-6-14-16(21-15)19-9-8-18-14/h3-11,17H,1-2H3,(H,19,20,21). The Kier molecular flexibility index (Phi) is 4.41. The summed E-state index contributed by atoms with van der Waals surface area (Å²) in [7, 11) is -2.07. The molecule has 24 heavy (non-hydrogen) atoms. The van der Waals surface area contributed by atoms with E-state index in [1.54, 1.807) is 30.6 Å². The van der Waals surface area contributed by atoms with Crippen LogP contribution in [0.3, 0.4) is 0 Å². The predicted octanol–water partition coefficient (Wildman–Crippen LogP) is 2.11. The molecule has 0 spiro atoms. The lowest BCUT2D eigenvalue weighted by Gasteiger charge is -2.16. The van der Waals surface area contributed by atoms with Crippen LogP contribution in [0.2, 0.25) is 0 Å². The zero-order valence-corrected chi connectivity index (χ0v) is 14.1. The van der Waals surface area contributed by atoms with Crippen LogP contribution in [0, 0.1) is 0 Å². The Morgan fingerprint density at radius 3 is 2.67 bits per heavy atom. The van der Waals surface area contributed by atoms with Crippen molar-refractivity contribution in [3.63, 3.8) is 0 Å². The summed E-state index contributed by atoms with van der Waals surface area (Å²) < 4.78 is 26.2. The van der Waals surface area contributed by atoms with E-state index in [1.807, 2.05) is 25.1 Å². The summed E-state index contributed by atoms with van der Waals surface area (Å²) in [5.74, 6) is 0.650. The number of nitrogens with zero attached hydrogens (tertiary/aromatic N) is 3. The summed E-state index contributed by atoms with van der Waals surface area (Å²) in [5, 5.41) is 3.25. The van der Waals surface area contributed by atoms with Gasteiger partial charge in [-0.25, -0.2) is 23.1 Å². The third-order valence-electron chi connectivity index (χ3n) is 3.63. The van der Waals surface area contributed by atoms with Crippen molar-refractivity contribution >= 4 is 27.0 Å². The highest BCUT2D eigenvalue weighted by Crippen LogP contribution is 2.21.